The molecule has 2 saturated heterocycles. The van der Waals surface area contributed by atoms with E-state index < -0.39 is 5.92 Å². The summed E-state index contributed by atoms with van der Waals surface area (Å²) in [4.78, 5) is 26.3. The van der Waals surface area contributed by atoms with Crippen molar-refractivity contribution in [3.05, 3.63) is 65.4 Å². The van der Waals surface area contributed by atoms with E-state index in [1.165, 1.54) is 5.56 Å². The maximum atomic E-state index is 12.4. The quantitative estimate of drug-likeness (QED) is 0.599. The second-order valence-electron chi connectivity index (χ2n) is 8.32. The lowest BCUT2D eigenvalue weighted by atomic mass is 9.90. The van der Waals surface area contributed by atoms with Gasteiger partial charge in [0.25, 0.3) is 0 Å². The molecule has 2 amide bonds. The van der Waals surface area contributed by atoms with E-state index in [0.29, 0.717) is 30.8 Å². The van der Waals surface area contributed by atoms with Crippen LogP contribution in [0.25, 0.3) is 11.0 Å². The summed E-state index contributed by atoms with van der Waals surface area (Å²) in [6, 6.07) is 14.1. The summed E-state index contributed by atoms with van der Waals surface area (Å²) in [5.41, 5.74) is 3.77. The first-order valence-corrected chi connectivity index (χ1v) is 11.0. The van der Waals surface area contributed by atoms with E-state index in [9.17, 15) is 9.59 Å². The van der Waals surface area contributed by atoms with Crippen LogP contribution in [0.5, 0.6) is 5.75 Å². The van der Waals surface area contributed by atoms with Gasteiger partial charge in [-0.15, -0.1) is 0 Å². The molecule has 2 aliphatic heterocycles. The van der Waals surface area contributed by atoms with Crippen molar-refractivity contribution in [2.45, 2.75) is 31.9 Å². The lowest BCUT2D eigenvalue weighted by Gasteiger charge is -2.26. The number of nitrogens with zero attached hydrogens (tertiary/aromatic N) is 1. The highest BCUT2D eigenvalue weighted by atomic mass is 16.5. The molecule has 0 spiro atoms. The first-order valence-electron chi connectivity index (χ1n) is 11.0. The number of rotatable bonds is 6. The van der Waals surface area contributed by atoms with Gasteiger partial charge in [-0.3, -0.25) is 19.8 Å². The summed E-state index contributed by atoms with van der Waals surface area (Å²) in [5, 5.41) is 3.22. The largest absolute Gasteiger partial charge is 0.488 e. The molecule has 2 fully saturated rings. The predicted molar refractivity (Wildman–Crippen MR) is 118 cm³/mol. The van der Waals surface area contributed by atoms with E-state index in [4.69, 9.17) is 13.9 Å². The van der Waals surface area contributed by atoms with Gasteiger partial charge in [-0.05, 0) is 29.7 Å². The third-order valence-corrected chi connectivity index (χ3v) is 6.13. The van der Waals surface area contributed by atoms with Crippen LogP contribution >= 0.6 is 0 Å². The molecule has 7 heteroatoms. The van der Waals surface area contributed by atoms with Gasteiger partial charge in [-0.1, -0.05) is 30.3 Å². The molecule has 0 bridgehead atoms. The van der Waals surface area contributed by atoms with Crippen molar-refractivity contribution in [1.29, 1.82) is 0 Å². The molecule has 7 nitrogen and oxygen atoms in total. The van der Waals surface area contributed by atoms with E-state index >= 15 is 0 Å². The molecular formula is C25H26N2O5. The van der Waals surface area contributed by atoms with Crippen LogP contribution in [0.2, 0.25) is 0 Å². The van der Waals surface area contributed by atoms with Gasteiger partial charge in [0.05, 0.1) is 30.8 Å². The highest BCUT2D eigenvalue weighted by Crippen LogP contribution is 2.38. The number of benzene rings is 2. The van der Waals surface area contributed by atoms with E-state index in [1.807, 2.05) is 18.2 Å². The SMILES string of the molecule is O=C1CCC(c2coc3cccc(OCc4ccc(CN5CCOCC5)cc4)c23)C(=O)N1. The number of hydrogen-bond acceptors (Lipinski definition) is 6. The lowest BCUT2D eigenvalue weighted by molar-refractivity contribution is -0.134. The molecule has 3 aromatic rings. The van der Waals surface area contributed by atoms with Crippen molar-refractivity contribution in [3.63, 3.8) is 0 Å². The van der Waals surface area contributed by atoms with Gasteiger partial charge in [0.1, 0.15) is 17.9 Å². The Hall–Kier alpha value is -3.16. The van der Waals surface area contributed by atoms with Crippen LogP contribution in [0.1, 0.15) is 35.4 Å². The maximum absolute atomic E-state index is 12.4. The van der Waals surface area contributed by atoms with E-state index in [0.717, 1.165) is 49.4 Å². The number of piperidine rings is 1. The molecule has 1 atom stereocenters. The molecule has 1 unspecified atom stereocenters. The van der Waals surface area contributed by atoms with Crippen molar-refractivity contribution in [3.8, 4) is 5.75 Å². The number of carbonyl (C=O) groups excluding carboxylic acids is 2. The molecule has 166 valence electrons. The number of nitrogens with one attached hydrogen (secondary N) is 1. The van der Waals surface area contributed by atoms with Gasteiger partial charge in [-0.25, -0.2) is 0 Å². The number of carbonyl (C=O) groups is 2. The van der Waals surface area contributed by atoms with Crippen LogP contribution in [0, 0.1) is 0 Å². The summed E-state index contributed by atoms with van der Waals surface area (Å²) in [7, 11) is 0. The summed E-state index contributed by atoms with van der Waals surface area (Å²) >= 11 is 0. The monoisotopic (exact) mass is 434 g/mol. The Morgan fingerprint density at radius 1 is 1.03 bits per heavy atom. The van der Waals surface area contributed by atoms with Crippen LogP contribution in [0.15, 0.2) is 53.1 Å². The molecule has 0 aliphatic carbocycles. The molecule has 0 radical (unpaired) electrons. The minimum Gasteiger partial charge on any atom is -0.488 e. The van der Waals surface area contributed by atoms with Crippen LogP contribution in [-0.2, 0) is 27.5 Å². The van der Waals surface area contributed by atoms with Gasteiger partial charge < -0.3 is 13.9 Å². The zero-order valence-electron chi connectivity index (χ0n) is 17.8. The van der Waals surface area contributed by atoms with Crippen molar-refractivity contribution >= 4 is 22.8 Å². The lowest BCUT2D eigenvalue weighted by Crippen LogP contribution is -2.39. The molecular weight excluding hydrogens is 408 g/mol. The third kappa shape index (κ3) is 4.40. The Kier molecular flexibility index (Phi) is 5.92. The second kappa shape index (κ2) is 9.14. The number of furan rings is 1. The van der Waals surface area contributed by atoms with Gasteiger partial charge in [0.2, 0.25) is 11.8 Å². The van der Waals surface area contributed by atoms with Gasteiger partial charge in [0.15, 0.2) is 0 Å². The zero-order chi connectivity index (χ0) is 21.9. The minimum absolute atomic E-state index is 0.229. The van der Waals surface area contributed by atoms with Crippen molar-refractivity contribution in [2.75, 3.05) is 26.3 Å². The Balaban J connectivity index is 1.30. The Bertz CT molecular complexity index is 1120. The topological polar surface area (TPSA) is 81.0 Å². The first-order chi connectivity index (χ1) is 15.7. The average Bonchev–Trinajstić information content (AvgIpc) is 3.24. The molecule has 1 aromatic heterocycles. The molecule has 2 aliphatic rings. The fourth-order valence-corrected chi connectivity index (χ4v) is 4.37. The number of ether oxygens (including phenoxy) is 2. The molecule has 2 aromatic carbocycles. The number of morpholine rings is 1. The number of hydrogen-bond donors (Lipinski definition) is 1. The van der Waals surface area contributed by atoms with Crippen LogP contribution in [0.3, 0.4) is 0 Å². The molecule has 32 heavy (non-hydrogen) atoms. The van der Waals surface area contributed by atoms with Crippen LogP contribution in [-0.4, -0.2) is 43.0 Å². The summed E-state index contributed by atoms with van der Waals surface area (Å²) in [6.45, 7) is 4.87. The zero-order valence-corrected chi connectivity index (χ0v) is 17.8. The predicted octanol–water partition coefficient (Wildman–Crippen LogP) is 3.36. The third-order valence-electron chi connectivity index (χ3n) is 6.13. The average molecular weight is 434 g/mol. The molecule has 3 heterocycles. The summed E-state index contributed by atoms with van der Waals surface area (Å²) in [6.07, 6.45) is 2.40. The number of fused-ring (bicyclic) bond motifs is 1. The highest BCUT2D eigenvalue weighted by Gasteiger charge is 2.31. The van der Waals surface area contributed by atoms with E-state index in [2.05, 4.69) is 34.5 Å². The van der Waals surface area contributed by atoms with E-state index in [-0.39, 0.29) is 11.8 Å². The first kappa shape index (κ1) is 20.7. The Labute approximate surface area is 186 Å². The van der Waals surface area contributed by atoms with Crippen LogP contribution in [0.4, 0.5) is 0 Å². The van der Waals surface area contributed by atoms with Crippen molar-refractivity contribution in [1.82, 2.24) is 10.2 Å². The smallest absolute Gasteiger partial charge is 0.234 e. The molecule has 1 N–H and O–H groups in total. The summed E-state index contributed by atoms with van der Waals surface area (Å²) < 4.78 is 17.3. The van der Waals surface area contributed by atoms with Crippen molar-refractivity contribution in [2.24, 2.45) is 0 Å². The fourth-order valence-electron chi connectivity index (χ4n) is 4.37. The Morgan fingerprint density at radius 3 is 2.59 bits per heavy atom. The standard InChI is InChI=1S/C25H26N2O5/c28-23-9-8-19(25(29)26-23)20-16-32-22-3-1-2-21(24(20)22)31-15-18-6-4-17(5-7-18)14-27-10-12-30-13-11-27/h1-7,16,19H,8-15H2,(H,26,28,29). The number of amides is 2. The molecule has 5 rings (SSSR count). The second-order valence-corrected chi connectivity index (χ2v) is 8.32. The maximum Gasteiger partial charge on any atom is 0.234 e. The van der Waals surface area contributed by atoms with Gasteiger partial charge in [0, 0.05) is 31.6 Å². The van der Waals surface area contributed by atoms with Crippen molar-refractivity contribution < 1.29 is 23.5 Å². The van der Waals surface area contributed by atoms with Gasteiger partial charge >= 0.3 is 0 Å². The van der Waals surface area contributed by atoms with Gasteiger partial charge in [-0.2, -0.15) is 0 Å². The summed E-state index contributed by atoms with van der Waals surface area (Å²) in [5.74, 6) is -0.256. The minimum atomic E-state index is -0.418. The van der Waals surface area contributed by atoms with Crippen LogP contribution < -0.4 is 10.1 Å². The molecule has 0 saturated carbocycles. The fraction of sp³-hybridized carbons (Fsp3) is 0.360. The normalized spacial score (nSPS) is 19.8. The Morgan fingerprint density at radius 2 is 1.81 bits per heavy atom. The highest BCUT2D eigenvalue weighted by molar-refractivity contribution is 6.03. The number of imide groups is 1. The van der Waals surface area contributed by atoms with E-state index in [1.54, 1.807) is 6.26 Å².